The number of carboxylic acid groups (broad SMARTS) is 1. The van der Waals surface area contributed by atoms with E-state index in [9.17, 15) is 28.2 Å². The molecule has 0 aliphatic carbocycles. The number of aliphatic hydroxyl groups excluding tert-OH is 1. The maximum Gasteiger partial charge on any atom is 0.416 e. The van der Waals surface area contributed by atoms with E-state index in [0.717, 1.165) is 17.0 Å². The van der Waals surface area contributed by atoms with E-state index >= 15 is 0 Å². The van der Waals surface area contributed by atoms with Gasteiger partial charge in [0.2, 0.25) is 0 Å². The highest BCUT2D eigenvalue weighted by molar-refractivity contribution is 5.66. The van der Waals surface area contributed by atoms with E-state index in [-0.39, 0.29) is 6.42 Å². The Labute approximate surface area is 127 Å². The van der Waals surface area contributed by atoms with Crippen molar-refractivity contribution in [3.05, 3.63) is 35.4 Å². The number of nitrogens with zero attached hydrogens (tertiary/aromatic N) is 1. The molecule has 1 unspecified atom stereocenters. The van der Waals surface area contributed by atoms with Gasteiger partial charge >= 0.3 is 12.3 Å². The predicted octanol–water partition coefficient (Wildman–Crippen LogP) is 3.39. The van der Waals surface area contributed by atoms with Crippen molar-refractivity contribution in [1.29, 1.82) is 0 Å². The molecular formula is C15H20F3NO3. The molecular weight excluding hydrogens is 299 g/mol. The number of aliphatic hydroxyl groups is 1. The van der Waals surface area contributed by atoms with Gasteiger partial charge in [0.15, 0.2) is 0 Å². The molecule has 1 rings (SSSR count). The smallest absolute Gasteiger partial charge is 0.416 e. The SMILES string of the molecule is CC(C)(C)N(C(=O)O)C(CO)Cc1cccc(C(F)(F)F)c1. The van der Waals surface area contributed by atoms with Crippen molar-refractivity contribution in [3.63, 3.8) is 0 Å². The summed E-state index contributed by atoms with van der Waals surface area (Å²) in [4.78, 5) is 12.5. The fourth-order valence-electron chi connectivity index (χ4n) is 2.38. The Balaban J connectivity index is 3.06. The molecule has 1 atom stereocenters. The van der Waals surface area contributed by atoms with Crippen molar-refractivity contribution >= 4 is 6.09 Å². The Bertz CT molecular complexity index is 523. The molecule has 0 bridgehead atoms. The second-order valence-corrected chi connectivity index (χ2v) is 6.06. The van der Waals surface area contributed by atoms with Gasteiger partial charge in [-0.05, 0) is 38.8 Å². The van der Waals surface area contributed by atoms with Gasteiger partial charge in [-0.25, -0.2) is 4.79 Å². The van der Waals surface area contributed by atoms with Gasteiger partial charge in [0.05, 0.1) is 18.2 Å². The molecule has 0 heterocycles. The highest BCUT2D eigenvalue weighted by Gasteiger charge is 2.34. The van der Waals surface area contributed by atoms with E-state index in [1.165, 1.54) is 12.1 Å². The van der Waals surface area contributed by atoms with Gasteiger partial charge in [-0.15, -0.1) is 0 Å². The third-order valence-electron chi connectivity index (χ3n) is 3.23. The number of hydrogen-bond donors (Lipinski definition) is 2. The van der Waals surface area contributed by atoms with E-state index in [4.69, 9.17) is 0 Å². The maximum absolute atomic E-state index is 12.7. The molecule has 0 aliphatic heterocycles. The fourth-order valence-corrected chi connectivity index (χ4v) is 2.38. The van der Waals surface area contributed by atoms with Crippen molar-refractivity contribution < 1.29 is 28.2 Å². The zero-order valence-electron chi connectivity index (χ0n) is 12.7. The lowest BCUT2D eigenvalue weighted by Crippen LogP contribution is -2.53. The first-order valence-electron chi connectivity index (χ1n) is 6.76. The molecule has 124 valence electrons. The van der Waals surface area contributed by atoms with Crippen LogP contribution in [0.15, 0.2) is 24.3 Å². The molecule has 0 saturated heterocycles. The van der Waals surface area contributed by atoms with Crippen LogP contribution in [0.3, 0.4) is 0 Å². The highest BCUT2D eigenvalue weighted by Crippen LogP contribution is 2.30. The van der Waals surface area contributed by atoms with Crippen molar-refractivity contribution in [2.75, 3.05) is 6.61 Å². The van der Waals surface area contributed by atoms with Crippen LogP contribution in [0, 0.1) is 0 Å². The molecule has 1 amide bonds. The molecule has 0 saturated carbocycles. The first kappa shape index (κ1) is 18.3. The van der Waals surface area contributed by atoms with Gasteiger partial charge in [0.1, 0.15) is 0 Å². The van der Waals surface area contributed by atoms with E-state index in [1.807, 2.05) is 0 Å². The van der Waals surface area contributed by atoms with Crippen molar-refractivity contribution in [1.82, 2.24) is 4.90 Å². The van der Waals surface area contributed by atoms with Crippen LogP contribution < -0.4 is 0 Å². The van der Waals surface area contributed by atoms with Crippen LogP contribution in [0.5, 0.6) is 0 Å². The number of halogens is 3. The second-order valence-electron chi connectivity index (χ2n) is 6.06. The summed E-state index contributed by atoms with van der Waals surface area (Å²) in [6.45, 7) is 4.52. The Morgan fingerprint density at radius 2 is 1.86 bits per heavy atom. The first-order valence-corrected chi connectivity index (χ1v) is 6.76. The molecule has 22 heavy (non-hydrogen) atoms. The first-order chi connectivity index (χ1) is 9.96. The fraction of sp³-hybridized carbons (Fsp3) is 0.533. The van der Waals surface area contributed by atoms with Gasteiger partial charge in [-0.2, -0.15) is 13.2 Å². The molecule has 1 aromatic carbocycles. The zero-order valence-corrected chi connectivity index (χ0v) is 12.7. The zero-order chi connectivity index (χ0) is 17.1. The van der Waals surface area contributed by atoms with E-state index in [0.29, 0.717) is 5.56 Å². The summed E-state index contributed by atoms with van der Waals surface area (Å²) in [7, 11) is 0. The van der Waals surface area contributed by atoms with Gasteiger partial charge in [0.25, 0.3) is 0 Å². The van der Waals surface area contributed by atoms with Crippen LogP contribution in [-0.2, 0) is 12.6 Å². The summed E-state index contributed by atoms with van der Waals surface area (Å²) < 4.78 is 38.1. The van der Waals surface area contributed by atoms with E-state index in [2.05, 4.69) is 0 Å². The molecule has 0 aliphatic rings. The number of rotatable bonds is 4. The van der Waals surface area contributed by atoms with Crippen molar-refractivity contribution in [2.24, 2.45) is 0 Å². The summed E-state index contributed by atoms with van der Waals surface area (Å²) in [5.74, 6) is 0. The second kappa shape index (κ2) is 6.56. The third-order valence-corrected chi connectivity index (χ3v) is 3.23. The largest absolute Gasteiger partial charge is 0.465 e. The Hall–Kier alpha value is -1.76. The number of amides is 1. The minimum absolute atomic E-state index is 0.00396. The average molecular weight is 319 g/mol. The molecule has 7 heteroatoms. The molecule has 0 spiro atoms. The minimum atomic E-state index is -4.46. The number of carbonyl (C=O) groups is 1. The Morgan fingerprint density at radius 1 is 1.27 bits per heavy atom. The maximum atomic E-state index is 12.7. The number of hydrogen-bond acceptors (Lipinski definition) is 2. The number of alkyl halides is 3. The van der Waals surface area contributed by atoms with Gasteiger partial charge in [0, 0.05) is 5.54 Å². The van der Waals surface area contributed by atoms with Gasteiger partial charge in [-0.3, -0.25) is 4.90 Å². The summed E-state index contributed by atoms with van der Waals surface area (Å²) >= 11 is 0. The topological polar surface area (TPSA) is 60.8 Å². The third kappa shape index (κ3) is 4.62. The van der Waals surface area contributed by atoms with Crippen LogP contribution in [0.2, 0.25) is 0 Å². The molecule has 1 aromatic rings. The van der Waals surface area contributed by atoms with Crippen LogP contribution in [0.4, 0.5) is 18.0 Å². The lowest BCUT2D eigenvalue weighted by molar-refractivity contribution is -0.137. The summed E-state index contributed by atoms with van der Waals surface area (Å²) in [6.07, 6.45) is -5.68. The monoisotopic (exact) mass is 319 g/mol. The van der Waals surface area contributed by atoms with Gasteiger partial charge in [-0.1, -0.05) is 18.2 Å². The molecule has 0 fully saturated rings. The Morgan fingerprint density at radius 3 is 2.27 bits per heavy atom. The van der Waals surface area contributed by atoms with E-state index in [1.54, 1.807) is 20.8 Å². The average Bonchev–Trinajstić information content (AvgIpc) is 2.35. The molecule has 4 nitrogen and oxygen atoms in total. The normalized spacial score (nSPS) is 13.8. The van der Waals surface area contributed by atoms with Gasteiger partial charge < -0.3 is 10.2 Å². The summed E-state index contributed by atoms with van der Waals surface area (Å²) in [5.41, 5.74) is -1.25. The van der Waals surface area contributed by atoms with Crippen LogP contribution in [-0.4, -0.2) is 39.4 Å². The lowest BCUT2D eigenvalue weighted by Gasteiger charge is -2.39. The van der Waals surface area contributed by atoms with Crippen LogP contribution in [0.25, 0.3) is 0 Å². The molecule has 0 aromatic heterocycles. The number of benzene rings is 1. The summed E-state index contributed by atoms with van der Waals surface area (Å²) in [5, 5.41) is 18.8. The van der Waals surface area contributed by atoms with Crippen LogP contribution in [0.1, 0.15) is 31.9 Å². The molecule has 2 N–H and O–H groups in total. The highest BCUT2D eigenvalue weighted by atomic mass is 19.4. The standard InChI is InChI=1S/C15H20F3NO3/c1-14(2,3)19(13(21)22)12(9-20)8-10-5-4-6-11(7-10)15(16,17)18/h4-7,12,20H,8-9H2,1-3H3,(H,21,22). The minimum Gasteiger partial charge on any atom is -0.465 e. The van der Waals surface area contributed by atoms with Crippen molar-refractivity contribution in [3.8, 4) is 0 Å². The quantitative estimate of drug-likeness (QED) is 0.894. The summed E-state index contributed by atoms with van der Waals surface area (Å²) in [6, 6.07) is 3.87. The van der Waals surface area contributed by atoms with Crippen LogP contribution >= 0.6 is 0 Å². The Kier molecular flexibility index (Phi) is 5.45. The van der Waals surface area contributed by atoms with E-state index < -0.39 is 36.0 Å². The predicted molar refractivity (Wildman–Crippen MR) is 75.6 cm³/mol. The molecule has 0 radical (unpaired) electrons. The lowest BCUT2D eigenvalue weighted by atomic mass is 9.98. The van der Waals surface area contributed by atoms with Crippen molar-refractivity contribution in [2.45, 2.75) is 44.9 Å².